The molecule has 4 rings (SSSR count). The Kier molecular flexibility index (Phi) is 6.34. The molecule has 0 spiro atoms. The molecule has 160 valence electrons. The zero-order chi connectivity index (χ0) is 21.3. The van der Waals surface area contributed by atoms with Gasteiger partial charge in [0.05, 0.1) is 6.04 Å². The summed E-state index contributed by atoms with van der Waals surface area (Å²) in [6, 6.07) is 9.19. The summed E-state index contributed by atoms with van der Waals surface area (Å²) in [5.74, 6) is 0.927. The summed E-state index contributed by atoms with van der Waals surface area (Å²) >= 11 is 7.69. The van der Waals surface area contributed by atoms with Crippen molar-refractivity contribution in [3.8, 4) is 5.75 Å². The van der Waals surface area contributed by atoms with Crippen LogP contribution in [0.3, 0.4) is 0 Å². The Labute approximate surface area is 186 Å². The van der Waals surface area contributed by atoms with E-state index in [4.69, 9.17) is 16.3 Å². The lowest BCUT2D eigenvalue weighted by molar-refractivity contribution is -0.144. The normalized spacial score (nSPS) is 18.3. The fourth-order valence-corrected chi connectivity index (χ4v) is 4.95. The number of carbonyl (C=O) groups is 2. The Hall–Kier alpha value is -2.05. The molecule has 5 nitrogen and oxygen atoms in total. The van der Waals surface area contributed by atoms with Crippen LogP contribution in [0.15, 0.2) is 35.7 Å². The molecule has 1 saturated carbocycles. The van der Waals surface area contributed by atoms with Crippen molar-refractivity contribution in [1.82, 2.24) is 9.80 Å². The van der Waals surface area contributed by atoms with Gasteiger partial charge in [0.1, 0.15) is 18.9 Å². The maximum Gasteiger partial charge on any atom is 0.242 e. The number of thiophene rings is 1. The number of fused-ring (bicyclic) bond motifs is 1. The number of hydrogen-bond donors (Lipinski definition) is 0. The minimum atomic E-state index is -0.159. The van der Waals surface area contributed by atoms with Crippen LogP contribution in [-0.2, 0) is 16.0 Å². The second kappa shape index (κ2) is 8.98. The van der Waals surface area contributed by atoms with Crippen molar-refractivity contribution in [3.05, 3.63) is 51.2 Å². The summed E-state index contributed by atoms with van der Waals surface area (Å²) in [6.07, 6.45) is 2.72. The first kappa shape index (κ1) is 21.2. The summed E-state index contributed by atoms with van der Waals surface area (Å²) in [6.45, 7) is 5.09. The van der Waals surface area contributed by atoms with E-state index in [-0.39, 0.29) is 36.4 Å². The van der Waals surface area contributed by atoms with Gasteiger partial charge in [0.15, 0.2) is 0 Å². The average molecular weight is 447 g/mol. The fourth-order valence-electron chi connectivity index (χ4n) is 3.90. The molecule has 2 aliphatic rings. The molecule has 0 bridgehead atoms. The van der Waals surface area contributed by atoms with Gasteiger partial charge in [-0.1, -0.05) is 11.6 Å². The highest BCUT2D eigenvalue weighted by atomic mass is 35.5. The van der Waals surface area contributed by atoms with Crippen molar-refractivity contribution >= 4 is 34.8 Å². The van der Waals surface area contributed by atoms with Crippen LogP contribution in [0.4, 0.5) is 0 Å². The minimum Gasteiger partial charge on any atom is -0.491 e. The van der Waals surface area contributed by atoms with Crippen LogP contribution < -0.4 is 4.74 Å². The third-order valence-corrected chi connectivity index (χ3v) is 7.02. The van der Waals surface area contributed by atoms with Gasteiger partial charge in [-0.15, -0.1) is 11.3 Å². The first-order valence-corrected chi connectivity index (χ1v) is 11.7. The van der Waals surface area contributed by atoms with Crippen molar-refractivity contribution in [2.75, 3.05) is 19.7 Å². The summed E-state index contributed by atoms with van der Waals surface area (Å²) < 4.78 is 6.03. The van der Waals surface area contributed by atoms with E-state index in [0.29, 0.717) is 18.2 Å². The highest BCUT2D eigenvalue weighted by Crippen LogP contribution is 2.35. The van der Waals surface area contributed by atoms with E-state index in [0.717, 1.165) is 30.6 Å². The Morgan fingerprint density at radius 2 is 1.97 bits per heavy atom. The zero-order valence-electron chi connectivity index (χ0n) is 17.3. The van der Waals surface area contributed by atoms with Crippen LogP contribution in [0.25, 0.3) is 0 Å². The maximum absolute atomic E-state index is 13.3. The van der Waals surface area contributed by atoms with Crippen molar-refractivity contribution in [3.63, 3.8) is 0 Å². The van der Waals surface area contributed by atoms with Gasteiger partial charge in [0.25, 0.3) is 0 Å². The average Bonchev–Trinajstić information content (AvgIpc) is 3.47. The van der Waals surface area contributed by atoms with Gasteiger partial charge in [-0.25, -0.2) is 0 Å². The van der Waals surface area contributed by atoms with Gasteiger partial charge < -0.3 is 14.5 Å². The molecule has 30 heavy (non-hydrogen) atoms. The van der Waals surface area contributed by atoms with Gasteiger partial charge in [0, 0.05) is 28.4 Å². The molecule has 1 fully saturated rings. The Morgan fingerprint density at radius 3 is 2.63 bits per heavy atom. The zero-order valence-corrected chi connectivity index (χ0v) is 18.9. The summed E-state index contributed by atoms with van der Waals surface area (Å²) in [4.78, 5) is 30.9. The predicted octanol–water partition coefficient (Wildman–Crippen LogP) is 4.55. The number of carbonyl (C=O) groups excluding carboxylic acids is 2. The summed E-state index contributed by atoms with van der Waals surface area (Å²) in [5, 5.41) is 2.73. The SMILES string of the molecule is CC(C)N(CC(=O)N1CCc2sccc2C1COc1ccc(Cl)cc1)C(=O)C1CC1. The second-order valence-corrected chi connectivity index (χ2v) is 9.69. The van der Waals surface area contributed by atoms with Gasteiger partial charge in [-0.2, -0.15) is 0 Å². The lowest BCUT2D eigenvalue weighted by Gasteiger charge is -2.37. The molecular formula is C23H27ClN2O3S. The Morgan fingerprint density at radius 1 is 1.23 bits per heavy atom. The Balaban J connectivity index is 1.50. The molecular weight excluding hydrogens is 420 g/mol. The van der Waals surface area contributed by atoms with Crippen molar-refractivity contribution in [1.29, 1.82) is 0 Å². The number of hydrogen-bond acceptors (Lipinski definition) is 4. The third kappa shape index (κ3) is 4.65. The van der Waals surface area contributed by atoms with E-state index in [1.165, 1.54) is 4.88 Å². The van der Waals surface area contributed by atoms with E-state index in [1.807, 2.05) is 30.9 Å². The van der Waals surface area contributed by atoms with Gasteiger partial charge >= 0.3 is 0 Å². The number of rotatable bonds is 7. The molecule has 0 saturated heterocycles. The van der Waals surface area contributed by atoms with Crippen LogP contribution in [0.5, 0.6) is 5.75 Å². The summed E-state index contributed by atoms with van der Waals surface area (Å²) in [5.41, 5.74) is 1.15. The third-order valence-electron chi connectivity index (χ3n) is 5.78. The van der Waals surface area contributed by atoms with Crippen LogP contribution in [0, 0.1) is 5.92 Å². The lowest BCUT2D eigenvalue weighted by atomic mass is 10.00. The van der Waals surface area contributed by atoms with Crippen LogP contribution >= 0.6 is 22.9 Å². The van der Waals surface area contributed by atoms with Crippen LogP contribution in [0.2, 0.25) is 5.02 Å². The molecule has 2 aromatic rings. The summed E-state index contributed by atoms with van der Waals surface area (Å²) in [7, 11) is 0. The molecule has 7 heteroatoms. The highest BCUT2D eigenvalue weighted by molar-refractivity contribution is 7.10. The minimum absolute atomic E-state index is 0.00677. The van der Waals surface area contributed by atoms with Gasteiger partial charge in [0.2, 0.25) is 11.8 Å². The smallest absolute Gasteiger partial charge is 0.242 e. The first-order valence-electron chi connectivity index (χ1n) is 10.5. The van der Waals surface area contributed by atoms with Crippen molar-refractivity contribution < 1.29 is 14.3 Å². The molecule has 1 aliphatic carbocycles. The predicted molar refractivity (Wildman–Crippen MR) is 119 cm³/mol. The lowest BCUT2D eigenvalue weighted by Crippen LogP contribution is -2.49. The Bertz CT molecular complexity index is 907. The number of nitrogens with zero attached hydrogens (tertiary/aromatic N) is 2. The first-order chi connectivity index (χ1) is 14.4. The quantitative estimate of drug-likeness (QED) is 0.626. The number of halogens is 1. The number of amides is 2. The molecule has 2 amide bonds. The molecule has 2 heterocycles. The van der Waals surface area contributed by atoms with E-state index in [9.17, 15) is 9.59 Å². The van der Waals surface area contributed by atoms with Crippen molar-refractivity contribution in [2.24, 2.45) is 5.92 Å². The van der Waals surface area contributed by atoms with E-state index in [2.05, 4.69) is 11.4 Å². The monoisotopic (exact) mass is 446 g/mol. The number of ether oxygens (including phenoxy) is 1. The maximum atomic E-state index is 13.3. The topological polar surface area (TPSA) is 49.9 Å². The standard InChI is InChI=1S/C23H27ClN2O3S/c1-15(2)26(23(28)16-3-4-16)13-22(27)25-11-9-21-19(10-12-30-21)20(25)14-29-18-7-5-17(24)6-8-18/h5-8,10,12,15-16,20H,3-4,9,11,13-14H2,1-2H3. The van der Waals surface area contributed by atoms with Gasteiger partial charge in [-0.05, 0) is 74.4 Å². The largest absolute Gasteiger partial charge is 0.491 e. The van der Waals surface area contributed by atoms with Crippen LogP contribution in [0.1, 0.15) is 43.2 Å². The molecule has 0 N–H and O–H groups in total. The molecule has 1 aromatic heterocycles. The highest BCUT2D eigenvalue weighted by Gasteiger charge is 2.38. The molecule has 0 radical (unpaired) electrons. The van der Waals surface area contributed by atoms with E-state index >= 15 is 0 Å². The molecule has 1 atom stereocenters. The molecule has 1 aromatic carbocycles. The van der Waals surface area contributed by atoms with E-state index < -0.39 is 0 Å². The molecule has 1 aliphatic heterocycles. The fraction of sp³-hybridized carbons (Fsp3) is 0.478. The van der Waals surface area contributed by atoms with Crippen LogP contribution in [-0.4, -0.2) is 47.4 Å². The van der Waals surface area contributed by atoms with Crippen molar-refractivity contribution in [2.45, 2.75) is 45.2 Å². The second-order valence-electron chi connectivity index (χ2n) is 8.25. The van der Waals surface area contributed by atoms with Gasteiger partial charge in [-0.3, -0.25) is 9.59 Å². The van der Waals surface area contributed by atoms with E-state index in [1.54, 1.807) is 28.4 Å². The number of benzene rings is 1. The molecule has 1 unspecified atom stereocenters.